The zero-order chi connectivity index (χ0) is 22.0. The summed E-state index contributed by atoms with van der Waals surface area (Å²) in [5.41, 5.74) is -1.14. The second-order valence-electron chi connectivity index (χ2n) is 6.74. The largest absolute Gasteiger partial charge is 0.503 e. The van der Waals surface area contributed by atoms with Crippen LogP contribution in [-0.4, -0.2) is 54.2 Å². The predicted molar refractivity (Wildman–Crippen MR) is 106 cm³/mol. The molecule has 0 saturated carbocycles. The molecule has 1 aromatic heterocycles. The summed E-state index contributed by atoms with van der Waals surface area (Å²) >= 11 is 5.74. The van der Waals surface area contributed by atoms with Crippen molar-refractivity contribution in [1.29, 1.82) is 0 Å². The molecule has 0 saturated heterocycles. The average molecular weight is 439 g/mol. The van der Waals surface area contributed by atoms with Crippen molar-refractivity contribution in [2.75, 3.05) is 27.4 Å². The van der Waals surface area contributed by atoms with E-state index < -0.39 is 34.9 Å². The first-order chi connectivity index (χ1) is 14.2. The summed E-state index contributed by atoms with van der Waals surface area (Å²) in [6.07, 6.45) is -0.766. The van der Waals surface area contributed by atoms with Gasteiger partial charge in [-0.1, -0.05) is 17.7 Å². The van der Waals surface area contributed by atoms with Gasteiger partial charge in [0.05, 0.1) is 17.4 Å². The molecule has 30 heavy (non-hydrogen) atoms. The van der Waals surface area contributed by atoms with Crippen molar-refractivity contribution in [3.05, 3.63) is 61.8 Å². The van der Waals surface area contributed by atoms with Crippen LogP contribution >= 0.6 is 11.6 Å². The predicted octanol–water partition coefficient (Wildman–Crippen LogP) is 1.12. The summed E-state index contributed by atoms with van der Waals surface area (Å²) in [6, 6.07) is 3.95. The number of rotatable bonds is 4. The Bertz CT molecular complexity index is 1060. The van der Waals surface area contributed by atoms with Crippen molar-refractivity contribution in [3.63, 3.8) is 0 Å². The van der Waals surface area contributed by atoms with Crippen LogP contribution < -0.4 is 16.1 Å². The number of aromatic amines is 1. The zero-order valence-electron chi connectivity index (χ0n) is 16.2. The summed E-state index contributed by atoms with van der Waals surface area (Å²) < 4.78 is 18.7. The number of amides is 2. The summed E-state index contributed by atoms with van der Waals surface area (Å²) in [4.78, 5) is 42.1. The minimum absolute atomic E-state index is 0.0439. The fraction of sp³-hybridized carbons (Fsp3) is 0.316. The normalized spacial score (nSPS) is 16.6. The van der Waals surface area contributed by atoms with Gasteiger partial charge in [0.15, 0.2) is 11.4 Å². The molecule has 1 aliphatic rings. The highest BCUT2D eigenvalue weighted by Crippen LogP contribution is 2.23. The molecule has 1 aliphatic heterocycles. The molecule has 2 aromatic rings. The number of nitrogens with one attached hydrogen (secondary N) is 3. The lowest BCUT2D eigenvalue weighted by Gasteiger charge is -2.19. The number of hydrogen-bond donors (Lipinski definition) is 4. The molecule has 2 amide bonds. The van der Waals surface area contributed by atoms with Gasteiger partial charge in [-0.25, -0.2) is 4.39 Å². The van der Waals surface area contributed by atoms with Crippen molar-refractivity contribution in [2.45, 2.75) is 12.6 Å². The molecule has 1 aromatic carbocycles. The Labute approximate surface area is 175 Å². The molecule has 9 nitrogen and oxygen atoms in total. The number of H-pyrrole nitrogens is 1. The van der Waals surface area contributed by atoms with E-state index in [1.54, 1.807) is 0 Å². The molecule has 11 heteroatoms. The summed E-state index contributed by atoms with van der Waals surface area (Å²) in [7, 11) is 2.89. The first-order valence-electron chi connectivity index (χ1n) is 8.94. The lowest BCUT2D eigenvalue weighted by Crippen LogP contribution is -2.36. The second kappa shape index (κ2) is 8.82. The summed E-state index contributed by atoms with van der Waals surface area (Å²) in [6.45, 7) is 0.297. The molecule has 3 rings (SSSR count). The smallest absolute Gasteiger partial charge is 0.275 e. The Morgan fingerprint density at radius 2 is 2.17 bits per heavy atom. The molecule has 2 heterocycles. The van der Waals surface area contributed by atoms with Crippen LogP contribution in [0.2, 0.25) is 5.02 Å². The van der Waals surface area contributed by atoms with E-state index in [2.05, 4.69) is 15.6 Å². The van der Waals surface area contributed by atoms with E-state index in [9.17, 15) is 23.9 Å². The molecule has 4 N–H and O–H groups in total. The SMILES string of the molecule is COC1CNCN(C)C(=O)c2[nH]c1c(C(=O)NCc1ccc(F)c(Cl)c1)c(=O)c2O. The number of nitrogens with zero attached hydrogens (tertiary/aromatic N) is 1. The molecule has 1 unspecified atom stereocenters. The monoisotopic (exact) mass is 438 g/mol. The standard InChI is InChI=1S/C19H20ClFN4O5/c1-25-8-22-7-12(30-2)14-13(16(26)17(27)15(24-14)19(25)29)18(28)23-6-9-3-4-11(21)10(20)5-9/h3-5,12,22,27H,6-8H2,1-2H3,(H,23,28)(H,24,26). The van der Waals surface area contributed by atoms with E-state index in [1.807, 2.05) is 0 Å². The molecular weight excluding hydrogens is 419 g/mol. The highest BCUT2D eigenvalue weighted by Gasteiger charge is 2.31. The van der Waals surface area contributed by atoms with Gasteiger partial charge < -0.3 is 25.0 Å². The van der Waals surface area contributed by atoms with Gasteiger partial charge in [0.1, 0.15) is 17.5 Å². The molecule has 0 aliphatic carbocycles. The highest BCUT2D eigenvalue weighted by atomic mass is 35.5. The maximum Gasteiger partial charge on any atom is 0.275 e. The van der Waals surface area contributed by atoms with Crippen molar-refractivity contribution in [2.24, 2.45) is 0 Å². The van der Waals surface area contributed by atoms with Gasteiger partial charge in [-0.2, -0.15) is 0 Å². The van der Waals surface area contributed by atoms with Gasteiger partial charge in [-0.3, -0.25) is 19.7 Å². The van der Waals surface area contributed by atoms with Crippen molar-refractivity contribution in [3.8, 4) is 5.75 Å². The van der Waals surface area contributed by atoms with E-state index in [1.165, 1.54) is 31.2 Å². The zero-order valence-corrected chi connectivity index (χ0v) is 17.0. The quantitative estimate of drug-likeness (QED) is 0.567. The number of methoxy groups -OCH3 is 1. The number of ether oxygens (including phenoxy) is 1. The summed E-state index contributed by atoms with van der Waals surface area (Å²) in [5, 5.41) is 15.7. The molecule has 1 atom stereocenters. The second-order valence-corrected chi connectivity index (χ2v) is 7.14. The highest BCUT2D eigenvalue weighted by molar-refractivity contribution is 6.30. The van der Waals surface area contributed by atoms with Crippen LogP contribution in [0.15, 0.2) is 23.0 Å². The molecule has 0 spiro atoms. The number of halogens is 2. The van der Waals surface area contributed by atoms with Crippen molar-refractivity contribution >= 4 is 23.4 Å². The van der Waals surface area contributed by atoms with Gasteiger partial charge in [0.25, 0.3) is 11.8 Å². The number of pyridine rings is 1. The lowest BCUT2D eigenvalue weighted by molar-refractivity contribution is 0.0757. The third-order valence-corrected chi connectivity index (χ3v) is 5.01. The van der Waals surface area contributed by atoms with Crippen LogP contribution in [0.4, 0.5) is 4.39 Å². The minimum atomic E-state index is -1.00. The maximum atomic E-state index is 13.3. The number of carbonyl (C=O) groups is 2. The first-order valence-corrected chi connectivity index (χ1v) is 9.32. The molecule has 0 radical (unpaired) electrons. The van der Waals surface area contributed by atoms with E-state index in [0.717, 1.165) is 6.07 Å². The topological polar surface area (TPSA) is 124 Å². The third-order valence-electron chi connectivity index (χ3n) is 4.72. The Kier molecular flexibility index (Phi) is 6.40. The van der Waals surface area contributed by atoms with E-state index in [-0.39, 0.29) is 41.7 Å². The molecular formula is C19H20ClFN4O5. The number of aromatic nitrogens is 1. The van der Waals surface area contributed by atoms with Crippen LogP contribution in [0.3, 0.4) is 0 Å². The van der Waals surface area contributed by atoms with Crippen LogP contribution in [0.25, 0.3) is 0 Å². The van der Waals surface area contributed by atoms with E-state index in [0.29, 0.717) is 5.56 Å². The van der Waals surface area contributed by atoms with Crippen molar-refractivity contribution < 1.29 is 23.8 Å². The first kappa shape index (κ1) is 21.8. The Morgan fingerprint density at radius 1 is 1.43 bits per heavy atom. The Hall–Kier alpha value is -2.95. The van der Waals surface area contributed by atoms with E-state index in [4.69, 9.17) is 16.3 Å². The number of aromatic hydroxyl groups is 1. The van der Waals surface area contributed by atoms with Gasteiger partial charge in [-0.05, 0) is 17.7 Å². The number of hydrogen-bond acceptors (Lipinski definition) is 6. The van der Waals surface area contributed by atoms with E-state index >= 15 is 0 Å². The molecule has 2 bridgehead atoms. The number of fused-ring (bicyclic) bond motifs is 2. The molecule has 0 fully saturated rings. The Morgan fingerprint density at radius 3 is 2.83 bits per heavy atom. The number of benzene rings is 1. The lowest BCUT2D eigenvalue weighted by atomic mass is 10.0. The molecule has 160 valence electrons. The fourth-order valence-electron chi connectivity index (χ4n) is 3.08. The maximum absolute atomic E-state index is 13.3. The Balaban J connectivity index is 2.00. The van der Waals surface area contributed by atoms with Crippen LogP contribution in [0, 0.1) is 5.82 Å². The third kappa shape index (κ3) is 4.16. The fourth-order valence-corrected chi connectivity index (χ4v) is 3.29. The van der Waals surface area contributed by atoms with Gasteiger partial charge >= 0.3 is 0 Å². The number of carbonyl (C=O) groups excluding carboxylic acids is 2. The van der Waals surface area contributed by atoms with Gasteiger partial charge in [0.2, 0.25) is 5.43 Å². The average Bonchev–Trinajstić information content (AvgIpc) is 2.77. The van der Waals surface area contributed by atoms with Crippen LogP contribution in [0.1, 0.15) is 38.2 Å². The van der Waals surface area contributed by atoms with Crippen LogP contribution in [0.5, 0.6) is 5.75 Å². The minimum Gasteiger partial charge on any atom is -0.503 e. The van der Waals surface area contributed by atoms with Crippen molar-refractivity contribution in [1.82, 2.24) is 20.5 Å². The summed E-state index contributed by atoms with van der Waals surface area (Å²) in [5.74, 6) is -2.87. The van der Waals surface area contributed by atoms with Gasteiger partial charge in [0, 0.05) is 27.2 Å². The van der Waals surface area contributed by atoms with Gasteiger partial charge in [-0.15, -0.1) is 0 Å². The van der Waals surface area contributed by atoms with Crippen LogP contribution in [-0.2, 0) is 11.3 Å².